The average molecular weight is 723 g/mol. The second-order valence-electron chi connectivity index (χ2n) is 10.5. The van der Waals surface area contributed by atoms with Crippen molar-refractivity contribution in [1.29, 1.82) is 0 Å². The first-order valence-corrected chi connectivity index (χ1v) is 16.1. The molecular weight excluding hydrogens is 668 g/mol. The maximum atomic E-state index is 11.7. The molecule has 0 fully saturated rings. The SMILES string of the molecule is C.C=CC(C1=CCCCO1)C(C(=O)OC)C(=O)OC.COC(=O)C(C/C=C/C1=CCCCO1)C(=O)OC.COC(=O)OC/C=C/C1=CCCCO1. The van der Waals surface area contributed by atoms with Gasteiger partial charge in [0.1, 0.15) is 23.9 Å². The summed E-state index contributed by atoms with van der Waals surface area (Å²) in [5.74, 6) is -2.83. The Kier molecular flexibility index (Phi) is 25.0. The van der Waals surface area contributed by atoms with E-state index in [0.29, 0.717) is 19.0 Å². The summed E-state index contributed by atoms with van der Waals surface area (Å²) in [4.78, 5) is 56.7. The summed E-state index contributed by atoms with van der Waals surface area (Å²) < 4.78 is 43.5. The van der Waals surface area contributed by atoms with Crippen molar-refractivity contribution in [3.05, 3.63) is 72.5 Å². The molecule has 3 aliphatic heterocycles. The Bertz CT molecular complexity index is 1230. The molecule has 0 aromatic heterocycles. The number of hydrogen-bond donors (Lipinski definition) is 0. The number of carbonyl (C=O) groups excluding carboxylic acids is 5. The average Bonchev–Trinajstić information content (AvgIpc) is 3.17. The molecule has 286 valence electrons. The number of ether oxygens (including phenoxy) is 9. The molecule has 0 saturated carbocycles. The number of allylic oxidation sites excluding steroid dienone is 7. The van der Waals surface area contributed by atoms with Crippen molar-refractivity contribution in [1.82, 2.24) is 0 Å². The Morgan fingerprint density at radius 3 is 1.55 bits per heavy atom. The van der Waals surface area contributed by atoms with E-state index < -0.39 is 47.8 Å². The van der Waals surface area contributed by atoms with Crippen molar-refractivity contribution in [2.24, 2.45) is 17.8 Å². The fraction of sp³-hybridized carbons (Fsp3) is 0.541. The number of rotatable bonds is 13. The third-order valence-electron chi connectivity index (χ3n) is 7.11. The van der Waals surface area contributed by atoms with Crippen LogP contribution in [-0.2, 0) is 61.8 Å². The minimum atomic E-state index is -1.07. The highest BCUT2D eigenvalue weighted by molar-refractivity contribution is 5.96. The molecular formula is C37H54O14. The van der Waals surface area contributed by atoms with Gasteiger partial charge < -0.3 is 42.6 Å². The molecule has 14 heteroatoms. The molecule has 1 atom stereocenters. The summed E-state index contributed by atoms with van der Waals surface area (Å²) in [5, 5.41) is 0. The highest BCUT2D eigenvalue weighted by atomic mass is 16.7. The normalized spacial score (nSPS) is 15.5. The maximum Gasteiger partial charge on any atom is 0.508 e. The van der Waals surface area contributed by atoms with Crippen LogP contribution in [0.1, 0.15) is 52.4 Å². The van der Waals surface area contributed by atoms with Crippen molar-refractivity contribution >= 4 is 30.0 Å². The van der Waals surface area contributed by atoms with Crippen molar-refractivity contribution in [3.8, 4) is 0 Å². The van der Waals surface area contributed by atoms with E-state index in [1.54, 1.807) is 24.3 Å². The van der Waals surface area contributed by atoms with Gasteiger partial charge in [0.15, 0.2) is 11.8 Å². The van der Waals surface area contributed by atoms with Gasteiger partial charge in [-0.2, -0.15) is 0 Å². The highest BCUT2D eigenvalue weighted by Gasteiger charge is 2.38. The van der Waals surface area contributed by atoms with E-state index in [2.05, 4.69) is 35.0 Å². The van der Waals surface area contributed by atoms with Crippen molar-refractivity contribution < 1.29 is 66.6 Å². The number of esters is 4. The van der Waals surface area contributed by atoms with Crippen LogP contribution in [0.3, 0.4) is 0 Å². The largest absolute Gasteiger partial charge is 0.508 e. The van der Waals surface area contributed by atoms with Crippen molar-refractivity contribution in [2.45, 2.75) is 52.4 Å². The lowest BCUT2D eigenvalue weighted by atomic mass is 9.89. The lowest BCUT2D eigenvalue weighted by Gasteiger charge is -2.25. The minimum Gasteiger partial charge on any atom is -0.498 e. The fourth-order valence-corrected chi connectivity index (χ4v) is 4.49. The predicted molar refractivity (Wildman–Crippen MR) is 187 cm³/mol. The van der Waals surface area contributed by atoms with Gasteiger partial charge >= 0.3 is 30.0 Å². The summed E-state index contributed by atoms with van der Waals surface area (Å²) in [6, 6.07) is 0. The molecule has 0 saturated heterocycles. The smallest absolute Gasteiger partial charge is 0.498 e. The topological polar surface area (TPSA) is 168 Å². The monoisotopic (exact) mass is 722 g/mol. The van der Waals surface area contributed by atoms with Crippen LogP contribution >= 0.6 is 0 Å². The van der Waals surface area contributed by atoms with Gasteiger partial charge in [0, 0.05) is 0 Å². The molecule has 0 spiro atoms. The van der Waals surface area contributed by atoms with Crippen LogP contribution in [0.15, 0.2) is 72.5 Å². The third-order valence-corrected chi connectivity index (χ3v) is 7.11. The molecule has 1 unspecified atom stereocenters. The first kappa shape index (κ1) is 46.0. The number of methoxy groups -OCH3 is 5. The first-order valence-electron chi connectivity index (χ1n) is 16.1. The second-order valence-corrected chi connectivity index (χ2v) is 10.5. The molecule has 0 radical (unpaired) electrons. The van der Waals surface area contributed by atoms with Gasteiger partial charge in [-0.1, -0.05) is 19.6 Å². The quantitative estimate of drug-likeness (QED) is 0.0984. The summed E-state index contributed by atoms with van der Waals surface area (Å²) in [6.07, 6.45) is 19.8. The highest BCUT2D eigenvalue weighted by Crippen LogP contribution is 2.28. The van der Waals surface area contributed by atoms with Crippen LogP contribution in [0.2, 0.25) is 0 Å². The van der Waals surface area contributed by atoms with Gasteiger partial charge in [-0.05, 0) is 81.4 Å². The van der Waals surface area contributed by atoms with Gasteiger partial charge in [-0.3, -0.25) is 19.2 Å². The lowest BCUT2D eigenvalue weighted by Crippen LogP contribution is -2.34. The molecule has 0 bridgehead atoms. The molecule has 3 heterocycles. The van der Waals surface area contributed by atoms with Gasteiger partial charge in [0.25, 0.3) is 0 Å². The zero-order valence-electron chi connectivity index (χ0n) is 29.6. The lowest BCUT2D eigenvalue weighted by molar-refractivity contribution is -0.161. The van der Waals surface area contributed by atoms with Crippen LogP contribution in [0.25, 0.3) is 0 Å². The van der Waals surface area contributed by atoms with Gasteiger partial charge in [-0.15, -0.1) is 6.58 Å². The molecule has 3 rings (SSSR count). The maximum absolute atomic E-state index is 11.7. The molecule has 0 aromatic carbocycles. The minimum absolute atomic E-state index is 0. The van der Waals surface area contributed by atoms with E-state index in [1.165, 1.54) is 41.6 Å². The molecule has 0 aliphatic carbocycles. The zero-order valence-corrected chi connectivity index (χ0v) is 29.6. The Hall–Kier alpha value is -5.01. The molecule has 0 N–H and O–H groups in total. The predicted octanol–water partition coefficient (Wildman–Crippen LogP) is 5.69. The van der Waals surface area contributed by atoms with E-state index in [1.807, 2.05) is 18.2 Å². The summed E-state index contributed by atoms with van der Waals surface area (Å²) in [5.41, 5.74) is 0. The third kappa shape index (κ3) is 18.0. The Morgan fingerprint density at radius 1 is 0.686 bits per heavy atom. The Balaban J connectivity index is 0.000000735. The van der Waals surface area contributed by atoms with E-state index >= 15 is 0 Å². The fourth-order valence-electron chi connectivity index (χ4n) is 4.49. The number of carbonyl (C=O) groups is 5. The van der Waals surface area contributed by atoms with Crippen LogP contribution < -0.4 is 0 Å². The van der Waals surface area contributed by atoms with Gasteiger partial charge in [0.2, 0.25) is 0 Å². The van der Waals surface area contributed by atoms with E-state index in [-0.39, 0.29) is 20.5 Å². The standard InChI is InChI=1S/2C13H18O5.C10H14O4.CH4/c1-16-12(14)11(13(15)17-2)8-5-7-10-6-3-4-9-18-10;1-4-9(10-7-5-6-8-18-10)11(12(14)16-2)13(15)17-3;1-12-10(11)14-8-4-6-9-5-2-3-7-13-9;/h5-7,11H,3-4,8-9H2,1-2H3;4,7,9,11H,1,5-6,8H2,2-3H3;4-6H,2-3,7-8H2,1H3;1H4/b7-5+;;6-4+;. The Labute approximate surface area is 301 Å². The van der Waals surface area contributed by atoms with Crippen LogP contribution in [0, 0.1) is 17.8 Å². The number of hydrogen-bond acceptors (Lipinski definition) is 14. The summed E-state index contributed by atoms with van der Waals surface area (Å²) in [6.45, 7) is 5.89. The summed E-state index contributed by atoms with van der Waals surface area (Å²) >= 11 is 0. The van der Waals surface area contributed by atoms with Gasteiger partial charge in [-0.25, -0.2) is 4.79 Å². The summed E-state index contributed by atoms with van der Waals surface area (Å²) in [7, 11) is 6.23. The molecule has 51 heavy (non-hydrogen) atoms. The molecule has 0 aromatic rings. The van der Waals surface area contributed by atoms with E-state index in [4.69, 9.17) is 14.2 Å². The van der Waals surface area contributed by atoms with E-state index in [9.17, 15) is 24.0 Å². The van der Waals surface area contributed by atoms with E-state index in [0.717, 1.165) is 56.7 Å². The molecule has 0 amide bonds. The molecule has 14 nitrogen and oxygen atoms in total. The first-order chi connectivity index (χ1) is 24.2. The Morgan fingerprint density at radius 2 is 1.16 bits per heavy atom. The van der Waals surface area contributed by atoms with Crippen molar-refractivity contribution in [2.75, 3.05) is 62.0 Å². The van der Waals surface area contributed by atoms with Crippen LogP contribution in [-0.4, -0.2) is 92.0 Å². The van der Waals surface area contributed by atoms with Gasteiger partial charge in [0.05, 0.1) is 61.3 Å². The zero-order chi connectivity index (χ0) is 37.1. The van der Waals surface area contributed by atoms with Crippen molar-refractivity contribution in [3.63, 3.8) is 0 Å². The molecule has 3 aliphatic rings. The van der Waals surface area contributed by atoms with Crippen LogP contribution in [0.5, 0.6) is 0 Å². The van der Waals surface area contributed by atoms with Crippen LogP contribution in [0.4, 0.5) is 4.79 Å². The second kappa shape index (κ2) is 27.8.